The number of hydrogen-bond donors (Lipinski definition) is 2. The molecule has 1 aliphatic heterocycles. The Morgan fingerprint density at radius 3 is 2.67 bits per heavy atom. The summed E-state index contributed by atoms with van der Waals surface area (Å²) in [7, 11) is 1.25. The second-order valence-electron chi connectivity index (χ2n) is 5.83. The molecule has 120 valence electrons. The number of nitrogens with one attached hydrogen (secondary N) is 1. The lowest BCUT2D eigenvalue weighted by Crippen LogP contribution is -2.59. The maximum Gasteiger partial charge on any atom is 0.307 e. The molecule has 1 amide bonds. The molecular formula is C15H26N2O4. The summed E-state index contributed by atoms with van der Waals surface area (Å²) in [6.45, 7) is 4.34. The van der Waals surface area contributed by atoms with Crippen molar-refractivity contribution in [3.8, 4) is 0 Å². The van der Waals surface area contributed by atoms with E-state index in [0.29, 0.717) is 19.4 Å². The van der Waals surface area contributed by atoms with Gasteiger partial charge >= 0.3 is 5.97 Å². The van der Waals surface area contributed by atoms with Crippen LogP contribution in [0, 0.1) is 11.8 Å². The van der Waals surface area contributed by atoms with Crippen LogP contribution < -0.4 is 11.1 Å². The molecule has 0 aromatic heterocycles. The Labute approximate surface area is 125 Å². The highest BCUT2D eigenvalue weighted by Crippen LogP contribution is 2.30. The van der Waals surface area contributed by atoms with E-state index in [2.05, 4.69) is 10.1 Å². The van der Waals surface area contributed by atoms with E-state index in [0.717, 1.165) is 12.8 Å². The van der Waals surface area contributed by atoms with E-state index < -0.39 is 17.4 Å². The predicted octanol–water partition coefficient (Wildman–Crippen LogP) is 0.779. The molecule has 0 aromatic rings. The van der Waals surface area contributed by atoms with Gasteiger partial charge in [-0.2, -0.15) is 0 Å². The Bertz CT molecular complexity index is 410. The van der Waals surface area contributed by atoms with Gasteiger partial charge in [-0.05, 0) is 12.8 Å². The molecule has 1 rings (SSSR count). The van der Waals surface area contributed by atoms with Crippen molar-refractivity contribution in [3.05, 3.63) is 0 Å². The summed E-state index contributed by atoms with van der Waals surface area (Å²) in [6.07, 6.45) is 2.83. The number of hydrogen-bond acceptors (Lipinski definition) is 5. The van der Waals surface area contributed by atoms with E-state index in [1.165, 1.54) is 7.11 Å². The van der Waals surface area contributed by atoms with Crippen molar-refractivity contribution in [2.75, 3.05) is 13.7 Å². The largest absolute Gasteiger partial charge is 0.469 e. The van der Waals surface area contributed by atoms with Crippen molar-refractivity contribution in [2.45, 2.75) is 51.5 Å². The number of rotatable bonds is 8. The zero-order chi connectivity index (χ0) is 16.0. The maximum atomic E-state index is 12.7. The number of carbonyl (C=O) groups excluding carboxylic acids is 3. The van der Waals surface area contributed by atoms with Gasteiger partial charge in [0.05, 0.1) is 25.0 Å². The highest BCUT2D eigenvalue weighted by molar-refractivity contribution is 5.99. The van der Waals surface area contributed by atoms with Crippen molar-refractivity contribution < 1.29 is 19.1 Å². The molecule has 0 saturated carbocycles. The number of nitrogens with two attached hydrogens (primary N) is 1. The van der Waals surface area contributed by atoms with Gasteiger partial charge in [-0.25, -0.2) is 0 Å². The molecule has 6 nitrogen and oxygen atoms in total. The van der Waals surface area contributed by atoms with Gasteiger partial charge in [0.25, 0.3) is 0 Å². The fraction of sp³-hybridized carbons (Fsp3) is 0.800. The van der Waals surface area contributed by atoms with Crippen LogP contribution in [0.15, 0.2) is 0 Å². The van der Waals surface area contributed by atoms with Crippen molar-refractivity contribution in [2.24, 2.45) is 17.6 Å². The lowest BCUT2D eigenvalue weighted by atomic mass is 9.73. The monoisotopic (exact) mass is 298 g/mol. The molecule has 0 radical (unpaired) electrons. The van der Waals surface area contributed by atoms with Gasteiger partial charge in [0.2, 0.25) is 5.91 Å². The second-order valence-corrected chi connectivity index (χ2v) is 5.83. The molecule has 0 aromatic carbocycles. The van der Waals surface area contributed by atoms with Crippen LogP contribution in [0.4, 0.5) is 0 Å². The van der Waals surface area contributed by atoms with E-state index in [-0.39, 0.29) is 24.0 Å². The molecule has 0 bridgehead atoms. The van der Waals surface area contributed by atoms with Crippen molar-refractivity contribution in [3.63, 3.8) is 0 Å². The first-order valence-corrected chi connectivity index (χ1v) is 7.54. The second kappa shape index (κ2) is 7.54. The molecule has 3 atom stereocenters. The smallest absolute Gasteiger partial charge is 0.307 e. The average molecular weight is 298 g/mol. The SMILES string of the molecule is CCCCC(C)C(=O)C(N)(CC(=O)OC)[C@@H]1CCNC1=O. The normalized spacial score (nSPS) is 22.3. The van der Waals surface area contributed by atoms with Gasteiger partial charge in [-0.15, -0.1) is 0 Å². The Morgan fingerprint density at radius 2 is 2.19 bits per heavy atom. The maximum absolute atomic E-state index is 12.7. The van der Waals surface area contributed by atoms with Gasteiger partial charge in [0.1, 0.15) is 0 Å². The molecule has 6 heteroatoms. The molecule has 1 heterocycles. The van der Waals surface area contributed by atoms with Gasteiger partial charge in [0, 0.05) is 12.5 Å². The molecule has 0 spiro atoms. The molecule has 1 fully saturated rings. The van der Waals surface area contributed by atoms with Crippen molar-refractivity contribution in [1.29, 1.82) is 0 Å². The van der Waals surface area contributed by atoms with Gasteiger partial charge in [0.15, 0.2) is 5.78 Å². The Morgan fingerprint density at radius 1 is 1.52 bits per heavy atom. The summed E-state index contributed by atoms with van der Waals surface area (Å²) in [4.78, 5) is 36.3. The van der Waals surface area contributed by atoms with Crippen LogP contribution in [0.1, 0.15) is 46.0 Å². The number of esters is 1. The first-order valence-electron chi connectivity index (χ1n) is 7.54. The summed E-state index contributed by atoms with van der Waals surface area (Å²) >= 11 is 0. The summed E-state index contributed by atoms with van der Waals surface area (Å²) in [6, 6.07) is 0. The number of methoxy groups -OCH3 is 1. The highest BCUT2D eigenvalue weighted by atomic mass is 16.5. The molecular weight excluding hydrogens is 272 g/mol. The van der Waals surface area contributed by atoms with Crippen molar-refractivity contribution >= 4 is 17.7 Å². The first kappa shape index (κ1) is 17.6. The zero-order valence-corrected chi connectivity index (χ0v) is 13.1. The number of ether oxygens (including phenoxy) is 1. The fourth-order valence-electron chi connectivity index (χ4n) is 2.88. The molecule has 1 saturated heterocycles. The molecule has 0 aliphatic carbocycles. The number of ketones is 1. The van der Waals surface area contributed by atoms with E-state index >= 15 is 0 Å². The van der Waals surface area contributed by atoms with Crippen LogP contribution in [0.25, 0.3) is 0 Å². The van der Waals surface area contributed by atoms with Crippen LogP contribution in [0.3, 0.4) is 0 Å². The minimum atomic E-state index is -1.47. The molecule has 21 heavy (non-hydrogen) atoms. The Kier molecular flexibility index (Phi) is 6.33. The van der Waals surface area contributed by atoms with Crippen molar-refractivity contribution in [1.82, 2.24) is 5.32 Å². The van der Waals surface area contributed by atoms with Gasteiger partial charge in [-0.1, -0.05) is 26.7 Å². The Hall–Kier alpha value is -1.43. The highest BCUT2D eigenvalue weighted by Gasteiger charge is 2.50. The summed E-state index contributed by atoms with van der Waals surface area (Å²) < 4.78 is 4.65. The minimum absolute atomic E-state index is 0.219. The van der Waals surface area contributed by atoms with Crippen LogP contribution in [-0.4, -0.2) is 36.9 Å². The number of Topliss-reactive ketones (excluding diaryl/α,β-unsaturated/α-hetero) is 1. The van der Waals surface area contributed by atoms with E-state index in [1.54, 1.807) is 0 Å². The number of amides is 1. The third-order valence-corrected chi connectivity index (χ3v) is 4.23. The Balaban J connectivity index is 2.97. The summed E-state index contributed by atoms with van der Waals surface area (Å²) in [5.74, 6) is -1.96. The van der Waals surface area contributed by atoms with Gasteiger partial charge < -0.3 is 15.8 Å². The van der Waals surface area contributed by atoms with E-state index in [4.69, 9.17) is 5.73 Å². The molecule has 3 N–H and O–H groups in total. The lowest BCUT2D eigenvalue weighted by Gasteiger charge is -2.33. The quantitative estimate of drug-likeness (QED) is 0.645. The molecule has 2 unspecified atom stereocenters. The standard InChI is InChI=1S/C15H26N2O4/c1-4-5-6-10(2)13(19)15(16,9-12(18)21-3)11-7-8-17-14(11)20/h10-11H,4-9,16H2,1-3H3,(H,17,20)/t10?,11-,15?/m1/s1. The van der Waals surface area contributed by atoms with Crippen LogP contribution >= 0.6 is 0 Å². The summed E-state index contributed by atoms with van der Waals surface area (Å²) in [5, 5.41) is 2.68. The zero-order valence-electron chi connectivity index (χ0n) is 13.1. The lowest BCUT2D eigenvalue weighted by molar-refractivity contribution is -0.147. The summed E-state index contributed by atoms with van der Waals surface area (Å²) in [5.41, 5.74) is 4.80. The minimum Gasteiger partial charge on any atom is -0.469 e. The number of carbonyl (C=O) groups is 3. The van der Waals surface area contributed by atoms with Crippen LogP contribution in [0.2, 0.25) is 0 Å². The predicted molar refractivity (Wildman–Crippen MR) is 78.4 cm³/mol. The third kappa shape index (κ3) is 4.03. The third-order valence-electron chi connectivity index (χ3n) is 4.23. The number of unbranched alkanes of at least 4 members (excludes halogenated alkanes) is 1. The van der Waals surface area contributed by atoms with E-state index in [9.17, 15) is 14.4 Å². The first-order chi connectivity index (χ1) is 9.86. The fourth-order valence-corrected chi connectivity index (χ4v) is 2.88. The van der Waals surface area contributed by atoms with Crippen LogP contribution in [-0.2, 0) is 19.1 Å². The topological polar surface area (TPSA) is 98.5 Å². The molecule has 1 aliphatic rings. The van der Waals surface area contributed by atoms with Gasteiger partial charge in [-0.3, -0.25) is 14.4 Å². The van der Waals surface area contributed by atoms with Crippen LogP contribution in [0.5, 0.6) is 0 Å². The van der Waals surface area contributed by atoms with E-state index in [1.807, 2.05) is 13.8 Å². The average Bonchev–Trinajstić information content (AvgIpc) is 2.90.